The third kappa shape index (κ3) is 3.89. The lowest BCUT2D eigenvalue weighted by atomic mass is 9.72. The Morgan fingerprint density at radius 3 is 2.19 bits per heavy atom. The van der Waals surface area contributed by atoms with E-state index in [9.17, 15) is 19.2 Å². The van der Waals surface area contributed by atoms with Crippen LogP contribution in [0.4, 0.5) is 4.79 Å². The Labute approximate surface area is 180 Å². The molecule has 3 aliphatic heterocycles. The van der Waals surface area contributed by atoms with E-state index in [-0.39, 0.29) is 17.7 Å². The predicted octanol–water partition coefficient (Wildman–Crippen LogP) is 2.40. The molecule has 1 aromatic rings. The molecule has 3 amide bonds. The normalized spacial score (nSPS) is 22.6. The molecular weight excluding hydrogens is 404 g/mol. The first-order chi connectivity index (χ1) is 14.6. The van der Waals surface area contributed by atoms with Crippen molar-refractivity contribution in [3.8, 4) is 0 Å². The average Bonchev–Trinajstić information content (AvgIpc) is 3.19. The van der Waals surface area contributed by atoms with Crippen molar-refractivity contribution in [1.29, 1.82) is 0 Å². The first-order valence-corrected chi connectivity index (χ1v) is 10.4. The molecule has 1 atom stereocenters. The average molecular weight is 430 g/mol. The topological polar surface area (TPSA) is 102 Å². The van der Waals surface area contributed by atoms with Crippen molar-refractivity contribution >= 4 is 23.9 Å². The first kappa shape index (κ1) is 21.3. The highest BCUT2D eigenvalue weighted by atomic mass is 16.7. The molecule has 1 unspecified atom stereocenters. The minimum atomic E-state index is -0.706. The van der Waals surface area contributed by atoms with Gasteiger partial charge in [-0.1, -0.05) is 17.2 Å². The van der Waals surface area contributed by atoms with E-state index < -0.39 is 40.8 Å². The standard InChI is InChI=1S/C22H26N2O7/c1-21(2,3)30-20(28)23-12-16(22(13-23)8-10-29-11-9-22)19(27)31-24-17(25)14-6-4-5-7-15(14)18(24)26/h4-7,16H,8-13H2,1-3H3. The zero-order chi connectivity index (χ0) is 22.4. The third-order valence-electron chi connectivity index (χ3n) is 6.01. The number of likely N-dealkylation sites (tertiary alicyclic amines) is 1. The number of imide groups is 1. The maximum Gasteiger partial charge on any atom is 0.410 e. The molecule has 4 rings (SSSR count). The molecule has 2 fully saturated rings. The molecule has 0 N–H and O–H groups in total. The van der Waals surface area contributed by atoms with Gasteiger partial charge in [0.15, 0.2) is 0 Å². The Morgan fingerprint density at radius 2 is 1.65 bits per heavy atom. The zero-order valence-electron chi connectivity index (χ0n) is 17.9. The van der Waals surface area contributed by atoms with Crippen LogP contribution in [-0.4, -0.2) is 65.7 Å². The highest BCUT2D eigenvalue weighted by Crippen LogP contribution is 2.45. The molecule has 0 aromatic heterocycles. The Morgan fingerprint density at radius 1 is 1.06 bits per heavy atom. The van der Waals surface area contributed by atoms with Crippen molar-refractivity contribution in [1.82, 2.24) is 9.96 Å². The Kier molecular flexibility index (Phi) is 5.25. The van der Waals surface area contributed by atoms with Gasteiger partial charge >= 0.3 is 12.1 Å². The van der Waals surface area contributed by atoms with Gasteiger partial charge in [0.05, 0.1) is 17.0 Å². The van der Waals surface area contributed by atoms with Crippen LogP contribution in [0.1, 0.15) is 54.3 Å². The first-order valence-electron chi connectivity index (χ1n) is 10.4. The summed E-state index contributed by atoms with van der Waals surface area (Å²) in [5.74, 6) is -2.75. The predicted molar refractivity (Wildman–Crippen MR) is 107 cm³/mol. The van der Waals surface area contributed by atoms with E-state index in [1.807, 2.05) is 0 Å². The number of rotatable bonds is 2. The van der Waals surface area contributed by atoms with Crippen LogP contribution in [0.25, 0.3) is 0 Å². The maximum absolute atomic E-state index is 13.2. The number of carbonyl (C=O) groups is 4. The summed E-state index contributed by atoms with van der Waals surface area (Å²) in [6, 6.07) is 6.32. The number of nitrogens with zero attached hydrogens (tertiary/aromatic N) is 2. The lowest BCUT2D eigenvalue weighted by molar-refractivity contribution is -0.178. The summed E-state index contributed by atoms with van der Waals surface area (Å²) in [6.45, 7) is 6.67. The van der Waals surface area contributed by atoms with Gasteiger partial charge in [0, 0.05) is 31.7 Å². The fraction of sp³-hybridized carbons (Fsp3) is 0.545. The van der Waals surface area contributed by atoms with Crippen molar-refractivity contribution in [3.05, 3.63) is 35.4 Å². The van der Waals surface area contributed by atoms with Crippen LogP contribution in [0.15, 0.2) is 24.3 Å². The molecule has 9 heteroatoms. The van der Waals surface area contributed by atoms with Gasteiger partial charge in [0.25, 0.3) is 11.8 Å². The molecule has 3 heterocycles. The van der Waals surface area contributed by atoms with Crippen molar-refractivity contribution < 1.29 is 33.5 Å². The van der Waals surface area contributed by atoms with Gasteiger partial charge in [0.2, 0.25) is 0 Å². The molecule has 3 aliphatic rings. The van der Waals surface area contributed by atoms with Crippen LogP contribution >= 0.6 is 0 Å². The minimum Gasteiger partial charge on any atom is -0.444 e. The molecule has 1 aromatic carbocycles. The zero-order valence-corrected chi connectivity index (χ0v) is 17.9. The summed E-state index contributed by atoms with van der Waals surface area (Å²) >= 11 is 0. The van der Waals surface area contributed by atoms with Crippen molar-refractivity contribution in [3.63, 3.8) is 0 Å². The molecule has 0 aliphatic carbocycles. The van der Waals surface area contributed by atoms with E-state index in [0.29, 0.717) is 37.7 Å². The summed E-state index contributed by atoms with van der Waals surface area (Å²) in [5.41, 5.74) is -0.824. The highest BCUT2D eigenvalue weighted by molar-refractivity contribution is 6.20. The maximum atomic E-state index is 13.2. The molecule has 166 valence electrons. The number of amides is 3. The summed E-state index contributed by atoms with van der Waals surface area (Å²) in [4.78, 5) is 57.8. The van der Waals surface area contributed by atoms with Gasteiger partial charge in [-0.3, -0.25) is 9.59 Å². The number of fused-ring (bicyclic) bond motifs is 1. The largest absolute Gasteiger partial charge is 0.444 e. The Bertz CT molecular complexity index is 895. The van der Waals surface area contributed by atoms with E-state index in [1.54, 1.807) is 32.9 Å². The minimum absolute atomic E-state index is 0.0942. The number of ether oxygens (including phenoxy) is 2. The molecular formula is C22H26N2O7. The van der Waals surface area contributed by atoms with E-state index >= 15 is 0 Å². The second-order valence-corrected chi connectivity index (χ2v) is 9.25. The third-order valence-corrected chi connectivity index (χ3v) is 6.01. The monoisotopic (exact) mass is 430 g/mol. The molecule has 0 radical (unpaired) electrons. The molecule has 0 saturated carbocycles. The molecule has 2 saturated heterocycles. The fourth-order valence-electron chi connectivity index (χ4n) is 4.45. The van der Waals surface area contributed by atoms with E-state index in [0.717, 1.165) is 0 Å². The van der Waals surface area contributed by atoms with Crippen LogP contribution in [-0.2, 0) is 19.1 Å². The van der Waals surface area contributed by atoms with Gasteiger partial charge in [-0.05, 0) is 45.7 Å². The number of hydrogen-bond acceptors (Lipinski definition) is 7. The van der Waals surface area contributed by atoms with Crippen LogP contribution in [0.5, 0.6) is 0 Å². The van der Waals surface area contributed by atoms with Gasteiger partial charge in [0.1, 0.15) is 5.60 Å². The molecule has 31 heavy (non-hydrogen) atoms. The van der Waals surface area contributed by atoms with Gasteiger partial charge in [-0.15, -0.1) is 0 Å². The second kappa shape index (κ2) is 7.64. The van der Waals surface area contributed by atoms with Crippen LogP contribution in [0, 0.1) is 11.3 Å². The van der Waals surface area contributed by atoms with Gasteiger partial charge in [-0.25, -0.2) is 9.59 Å². The van der Waals surface area contributed by atoms with Gasteiger partial charge in [-0.2, -0.15) is 0 Å². The number of benzene rings is 1. The summed E-state index contributed by atoms with van der Waals surface area (Å²) in [7, 11) is 0. The molecule has 1 spiro atoms. The van der Waals surface area contributed by atoms with Crippen molar-refractivity contribution in [2.45, 2.75) is 39.2 Å². The second-order valence-electron chi connectivity index (χ2n) is 9.25. The van der Waals surface area contributed by atoms with Gasteiger partial charge < -0.3 is 19.2 Å². The van der Waals surface area contributed by atoms with Crippen molar-refractivity contribution in [2.24, 2.45) is 11.3 Å². The van der Waals surface area contributed by atoms with E-state index in [2.05, 4.69) is 0 Å². The summed E-state index contributed by atoms with van der Waals surface area (Å²) in [6.07, 6.45) is 0.622. The molecule has 0 bridgehead atoms. The smallest absolute Gasteiger partial charge is 0.410 e. The van der Waals surface area contributed by atoms with E-state index in [1.165, 1.54) is 17.0 Å². The highest BCUT2D eigenvalue weighted by Gasteiger charge is 2.54. The lowest BCUT2D eigenvalue weighted by Crippen LogP contribution is -2.43. The Hall–Kier alpha value is -2.94. The van der Waals surface area contributed by atoms with Crippen LogP contribution in [0.2, 0.25) is 0 Å². The Balaban J connectivity index is 1.54. The summed E-state index contributed by atoms with van der Waals surface area (Å²) in [5, 5.41) is 0.524. The SMILES string of the molecule is CC(C)(C)OC(=O)N1CC(C(=O)ON2C(=O)c3ccccc3C2=O)C2(CCOCC2)C1. The fourth-order valence-corrected chi connectivity index (χ4v) is 4.45. The number of carbonyl (C=O) groups excluding carboxylic acids is 4. The van der Waals surface area contributed by atoms with E-state index in [4.69, 9.17) is 14.3 Å². The van der Waals surface area contributed by atoms with Crippen LogP contribution in [0.3, 0.4) is 0 Å². The van der Waals surface area contributed by atoms with Crippen molar-refractivity contribution in [2.75, 3.05) is 26.3 Å². The molecule has 9 nitrogen and oxygen atoms in total. The number of hydroxylamine groups is 2. The number of hydrogen-bond donors (Lipinski definition) is 0. The van der Waals surface area contributed by atoms with Crippen LogP contribution < -0.4 is 0 Å². The lowest BCUT2D eigenvalue weighted by Gasteiger charge is -2.36. The quantitative estimate of drug-likeness (QED) is 0.664. The summed E-state index contributed by atoms with van der Waals surface area (Å²) < 4.78 is 10.9.